The zero-order chi connectivity index (χ0) is 35.8. The Morgan fingerprint density at radius 1 is 0.792 bits per heavy atom. The Morgan fingerprint density at radius 2 is 1.29 bits per heavy atom. The Balaban J connectivity index is 2.04. The minimum atomic E-state index is -0.934. The topological polar surface area (TPSA) is 159 Å². The van der Waals surface area contributed by atoms with E-state index in [1.165, 1.54) is 19.1 Å². The van der Waals surface area contributed by atoms with Gasteiger partial charge in [-0.05, 0) is 107 Å². The van der Waals surface area contributed by atoms with Gasteiger partial charge in [0.05, 0.1) is 24.6 Å². The van der Waals surface area contributed by atoms with Crippen molar-refractivity contribution in [1.82, 2.24) is 0 Å². The molecule has 1 atom stereocenters. The molecule has 2 rings (SSSR count). The van der Waals surface area contributed by atoms with Gasteiger partial charge in [0.15, 0.2) is 0 Å². The minimum absolute atomic E-state index is 0.0361. The summed E-state index contributed by atoms with van der Waals surface area (Å²) in [6.45, 7) is 7.66. The van der Waals surface area contributed by atoms with E-state index in [1.807, 2.05) is 24.0 Å². The molecule has 254 valence electrons. The molecular weight excluding hydrogens is 752 g/mol. The molecule has 2 aromatic rings. The summed E-state index contributed by atoms with van der Waals surface area (Å²) in [6.07, 6.45) is 1.76. The first-order valence-electron chi connectivity index (χ1n) is 14.8. The average molecular weight is 788 g/mol. The molecule has 1 unspecified atom stereocenters. The van der Waals surface area contributed by atoms with Gasteiger partial charge in [-0.2, -0.15) is 10.5 Å². The summed E-state index contributed by atoms with van der Waals surface area (Å²) >= 11 is 6.93. The predicted octanol–water partition coefficient (Wildman–Crippen LogP) is 5.59. The lowest BCUT2D eigenvalue weighted by Gasteiger charge is -2.23. The Bertz CT molecular complexity index is 1640. The van der Waals surface area contributed by atoms with Crippen molar-refractivity contribution in [3.05, 3.63) is 67.6 Å². The summed E-state index contributed by atoms with van der Waals surface area (Å²) in [5.74, 6) is -2.59. The fourth-order valence-corrected chi connectivity index (χ4v) is 5.51. The number of hydrogen-bond donors (Lipinski definition) is 0. The average Bonchev–Trinajstić information content (AvgIpc) is 3.04. The van der Waals surface area contributed by atoms with E-state index in [0.717, 1.165) is 5.69 Å². The third kappa shape index (κ3) is 12.2. The molecule has 0 spiro atoms. The zero-order valence-corrected chi connectivity index (χ0v) is 30.4. The van der Waals surface area contributed by atoms with Crippen LogP contribution in [0.25, 0.3) is 12.2 Å². The molecule has 0 bridgehead atoms. The number of nitriles is 2. The second kappa shape index (κ2) is 19.9. The van der Waals surface area contributed by atoms with Crippen molar-refractivity contribution in [1.29, 1.82) is 10.5 Å². The second-order valence-electron chi connectivity index (χ2n) is 10.1. The predicted molar refractivity (Wildman–Crippen MR) is 186 cm³/mol. The van der Waals surface area contributed by atoms with Gasteiger partial charge in [-0.25, -0.2) is 9.59 Å². The van der Waals surface area contributed by atoms with Crippen molar-refractivity contribution in [3.8, 4) is 12.1 Å². The monoisotopic (exact) mass is 786 g/mol. The van der Waals surface area contributed by atoms with Crippen molar-refractivity contribution in [2.75, 3.05) is 56.3 Å². The van der Waals surface area contributed by atoms with Crippen molar-refractivity contribution in [2.45, 2.75) is 33.8 Å². The van der Waals surface area contributed by atoms with Crippen LogP contribution in [-0.2, 0) is 38.1 Å². The number of anilines is 2. The first kappa shape index (κ1) is 39.5. The van der Waals surface area contributed by atoms with Crippen molar-refractivity contribution in [3.63, 3.8) is 0 Å². The molecule has 2 aromatic carbocycles. The van der Waals surface area contributed by atoms with Crippen LogP contribution in [0, 0.1) is 22.7 Å². The molecule has 48 heavy (non-hydrogen) atoms. The first-order valence-corrected chi connectivity index (χ1v) is 16.4. The molecule has 0 saturated heterocycles. The summed E-state index contributed by atoms with van der Waals surface area (Å²) in [5.41, 5.74) is 1.90. The number of carbonyl (C=O) groups excluding carboxylic acids is 4. The smallest absolute Gasteiger partial charge is 0.349 e. The molecule has 0 aliphatic heterocycles. The maximum absolute atomic E-state index is 12.7. The second-order valence-corrected chi connectivity index (χ2v) is 11.8. The zero-order valence-electron chi connectivity index (χ0n) is 27.2. The maximum Gasteiger partial charge on any atom is 0.349 e. The van der Waals surface area contributed by atoms with Crippen LogP contribution in [0.1, 0.15) is 38.8 Å². The summed E-state index contributed by atoms with van der Waals surface area (Å²) in [6, 6.07) is 13.8. The molecule has 0 aromatic heterocycles. The van der Waals surface area contributed by atoms with Gasteiger partial charge in [-0.15, -0.1) is 0 Å². The lowest BCUT2D eigenvalue weighted by molar-refractivity contribution is -0.152. The molecule has 0 fully saturated rings. The molecule has 0 amide bonds. The number of likely N-dealkylation sites (N-methyl/N-ethyl adjacent to an activating group) is 2. The van der Waals surface area contributed by atoms with E-state index in [1.54, 1.807) is 62.2 Å². The standard InChI is InChI=1S/C34H36Br2N4O8/c1-6-40(20-32(42)46-8-3)30-12-10-24(16-28(30)36)14-26(18-38)34(44)48-22(4)21-47-33(43)25(17-37)13-23-9-11-29(27(35)15-23)39(5)19-31(41)45-7-2/h9-16,22H,6-8,19-21H2,1-5H3/b25-13+,26-14+. The Hall–Kier alpha value is -4.66. The van der Waals surface area contributed by atoms with Crippen LogP contribution in [0.5, 0.6) is 0 Å². The van der Waals surface area contributed by atoms with Gasteiger partial charge in [-0.1, -0.05) is 12.1 Å². The number of esters is 4. The minimum Gasteiger partial charge on any atom is -0.465 e. The number of benzene rings is 2. The fraction of sp³-hybridized carbons (Fsp3) is 0.353. The van der Waals surface area contributed by atoms with Crippen LogP contribution in [0.4, 0.5) is 11.4 Å². The summed E-state index contributed by atoms with van der Waals surface area (Å²) in [4.78, 5) is 52.6. The van der Waals surface area contributed by atoms with Crippen LogP contribution < -0.4 is 9.80 Å². The quantitative estimate of drug-likeness (QED) is 0.0900. The molecule has 0 aliphatic carbocycles. The number of nitrogens with zero attached hydrogens (tertiary/aromatic N) is 4. The molecule has 0 N–H and O–H groups in total. The highest BCUT2D eigenvalue weighted by Gasteiger charge is 2.20. The molecule has 0 radical (unpaired) electrons. The van der Waals surface area contributed by atoms with Gasteiger partial charge < -0.3 is 28.7 Å². The molecule has 14 heteroatoms. The Labute approximate surface area is 296 Å². The number of halogens is 2. The van der Waals surface area contributed by atoms with Gasteiger partial charge in [-0.3, -0.25) is 9.59 Å². The fourth-order valence-electron chi connectivity index (χ4n) is 4.17. The number of rotatable bonds is 16. The summed E-state index contributed by atoms with van der Waals surface area (Å²) < 4.78 is 21.8. The van der Waals surface area contributed by atoms with Crippen LogP contribution >= 0.6 is 31.9 Å². The number of carbonyl (C=O) groups is 4. The lowest BCUT2D eigenvalue weighted by atomic mass is 10.1. The SMILES string of the molecule is CCOC(=O)CN(C)c1ccc(/C=C(\C#N)C(=O)OCC(C)OC(=O)/C(C#N)=C/c2ccc(N(CC)CC(=O)OCC)c(Br)c2)cc1Br. The molecular formula is C34H36Br2N4O8. The van der Waals surface area contributed by atoms with E-state index in [2.05, 4.69) is 31.9 Å². The third-order valence-electron chi connectivity index (χ3n) is 6.43. The third-order valence-corrected chi connectivity index (χ3v) is 7.70. The van der Waals surface area contributed by atoms with Gasteiger partial charge in [0, 0.05) is 22.5 Å². The van der Waals surface area contributed by atoms with E-state index in [0.29, 0.717) is 32.3 Å². The van der Waals surface area contributed by atoms with E-state index in [4.69, 9.17) is 18.9 Å². The van der Waals surface area contributed by atoms with Crippen LogP contribution in [0.3, 0.4) is 0 Å². The largest absolute Gasteiger partial charge is 0.465 e. The highest BCUT2D eigenvalue weighted by Crippen LogP contribution is 2.29. The van der Waals surface area contributed by atoms with Crippen LogP contribution in [0.2, 0.25) is 0 Å². The van der Waals surface area contributed by atoms with Crippen molar-refractivity contribution < 1.29 is 38.1 Å². The molecule has 0 saturated carbocycles. The van der Waals surface area contributed by atoms with Crippen molar-refractivity contribution in [2.24, 2.45) is 0 Å². The maximum atomic E-state index is 12.7. The van der Waals surface area contributed by atoms with Crippen molar-refractivity contribution >= 4 is 79.3 Å². The highest BCUT2D eigenvalue weighted by molar-refractivity contribution is 9.11. The first-order chi connectivity index (χ1) is 22.9. The van der Waals surface area contributed by atoms with Gasteiger partial charge >= 0.3 is 23.9 Å². The van der Waals surface area contributed by atoms with E-state index < -0.39 is 18.0 Å². The van der Waals surface area contributed by atoms with E-state index in [-0.39, 0.29) is 56.0 Å². The normalized spacial score (nSPS) is 11.8. The van der Waals surface area contributed by atoms with Crippen LogP contribution in [-0.4, -0.2) is 76.5 Å². The van der Waals surface area contributed by atoms with E-state index in [9.17, 15) is 29.7 Å². The molecule has 0 heterocycles. The number of ether oxygens (including phenoxy) is 4. The lowest BCUT2D eigenvalue weighted by Crippen LogP contribution is -2.31. The molecule has 0 aliphatic rings. The van der Waals surface area contributed by atoms with Crippen LogP contribution in [0.15, 0.2) is 56.5 Å². The van der Waals surface area contributed by atoms with Gasteiger partial charge in [0.1, 0.15) is 49.1 Å². The van der Waals surface area contributed by atoms with Gasteiger partial charge in [0.2, 0.25) is 0 Å². The summed E-state index contributed by atoms with van der Waals surface area (Å²) in [5, 5.41) is 19.2. The number of hydrogen-bond acceptors (Lipinski definition) is 12. The highest BCUT2D eigenvalue weighted by atomic mass is 79.9. The van der Waals surface area contributed by atoms with E-state index >= 15 is 0 Å². The Kier molecular flexibility index (Phi) is 16.4. The molecule has 12 nitrogen and oxygen atoms in total. The Morgan fingerprint density at radius 3 is 1.77 bits per heavy atom. The summed E-state index contributed by atoms with van der Waals surface area (Å²) in [7, 11) is 1.72. The van der Waals surface area contributed by atoms with Gasteiger partial charge in [0.25, 0.3) is 0 Å².